The van der Waals surface area contributed by atoms with E-state index in [0.29, 0.717) is 38.1 Å². The Balaban J connectivity index is 1.34. The zero-order chi connectivity index (χ0) is 17.8. The number of nitrogens with one attached hydrogen (secondary N) is 1. The topological polar surface area (TPSA) is 55.2 Å². The number of rotatable bonds is 6. The molecule has 3 aromatic rings. The average molecular weight is 355 g/mol. The number of fused-ring (bicyclic) bond motifs is 1. The van der Waals surface area contributed by atoms with Gasteiger partial charge in [-0.15, -0.1) is 0 Å². The highest BCUT2D eigenvalue weighted by atomic mass is 19.1. The van der Waals surface area contributed by atoms with E-state index in [1.54, 1.807) is 0 Å². The molecule has 0 amide bonds. The molecule has 0 spiro atoms. The number of aryl methyl sites for hydroxylation is 1. The first kappa shape index (κ1) is 16.8. The lowest BCUT2D eigenvalue weighted by Gasteiger charge is -2.28. The number of para-hydroxylation sites is 1. The number of nitrogens with zero attached hydrogens (tertiary/aromatic N) is 4. The van der Waals surface area contributed by atoms with Gasteiger partial charge in [-0.05, 0) is 23.9 Å². The van der Waals surface area contributed by atoms with Crippen molar-refractivity contribution in [1.29, 1.82) is 0 Å². The van der Waals surface area contributed by atoms with Crippen LogP contribution in [-0.4, -0.2) is 47.4 Å². The molecule has 1 aliphatic rings. The number of aromatic nitrogens is 3. The van der Waals surface area contributed by atoms with Crippen molar-refractivity contribution in [3.8, 4) is 0 Å². The Hall–Kier alpha value is -2.67. The van der Waals surface area contributed by atoms with Gasteiger partial charge in [0.2, 0.25) is 5.95 Å². The molecular formula is C19H22FN5O. The zero-order valence-electron chi connectivity index (χ0n) is 14.6. The molecule has 136 valence electrons. The highest BCUT2D eigenvalue weighted by Crippen LogP contribution is 2.19. The van der Waals surface area contributed by atoms with Gasteiger partial charge in [-0.2, -0.15) is 4.98 Å². The molecule has 0 saturated carbocycles. The van der Waals surface area contributed by atoms with Gasteiger partial charge in [0.25, 0.3) is 0 Å². The molecule has 0 aliphatic carbocycles. The second kappa shape index (κ2) is 7.70. The van der Waals surface area contributed by atoms with E-state index >= 15 is 0 Å². The summed E-state index contributed by atoms with van der Waals surface area (Å²) in [5.41, 5.74) is 1.24. The Kier molecular flexibility index (Phi) is 4.97. The Bertz CT molecular complexity index is 875. The van der Waals surface area contributed by atoms with Crippen LogP contribution in [0.1, 0.15) is 6.42 Å². The fraction of sp³-hybridized carbons (Fsp3) is 0.368. The van der Waals surface area contributed by atoms with Crippen molar-refractivity contribution in [3.63, 3.8) is 0 Å². The molecule has 7 heteroatoms. The number of morpholine rings is 1. The van der Waals surface area contributed by atoms with E-state index in [4.69, 9.17) is 4.74 Å². The summed E-state index contributed by atoms with van der Waals surface area (Å²) in [4.78, 5) is 10.3. The fourth-order valence-electron chi connectivity index (χ4n) is 3.23. The lowest BCUT2D eigenvalue weighted by molar-refractivity contribution is 0.122. The van der Waals surface area contributed by atoms with Gasteiger partial charge in [0.1, 0.15) is 0 Å². The van der Waals surface area contributed by atoms with Gasteiger partial charge in [-0.3, -0.25) is 0 Å². The lowest BCUT2D eigenvalue weighted by atomic mass is 10.2. The zero-order valence-corrected chi connectivity index (χ0v) is 14.6. The predicted molar refractivity (Wildman–Crippen MR) is 100 cm³/mol. The third-order valence-corrected chi connectivity index (χ3v) is 4.58. The molecule has 4 rings (SSSR count). The fourth-order valence-corrected chi connectivity index (χ4v) is 3.23. The molecule has 1 saturated heterocycles. The van der Waals surface area contributed by atoms with Crippen molar-refractivity contribution in [2.24, 2.45) is 0 Å². The summed E-state index contributed by atoms with van der Waals surface area (Å²) in [6.07, 6.45) is 4.27. The molecule has 26 heavy (non-hydrogen) atoms. The minimum Gasteiger partial charge on any atom is -0.378 e. The first-order valence-corrected chi connectivity index (χ1v) is 8.94. The Labute approximate surface area is 151 Å². The molecule has 0 unspecified atom stereocenters. The summed E-state index contributed by atoms with van der Waals surface area (Å²) < 4.78 is 21.6. The monoisotopic (exact) mass is 355 g/mol. The maximum Gasteiger partial charge on any atom is 0.224 e. The van der Waals surface area contributed by atoms with Gasteiger partial charge >= 0.3 is 0 Å². The van der Waals surface area contributed by atoms with Crippen LogP contribution < -0.4 is 10.2 Å². The van der Waals surface area contributed by atoms with Crippen molar-refractivity contribution in [3.05, 3.63) is 48.5 Å². The van der Waals surface area contributed by atoms with Gasteiger partial charge in [0.05, 0.1) is 19.4 Å². The van der Waals surface area contributed by atoms with E-state index in [0.717, 1.165) is 19.5 Å². The van der Waals surface area contributed by atoms with E-state index in [-0.39, 0.29) is 0 Å². The van der Waals surface area contributed by atoms with Gasteiger partial charge < -0.3 is 19.5 Å². The smallest absolute Gasteiger partial charge is 0.224 e. The quantitative estimate of drug-likeness (QED) is 0.689. The van der Waals surface area contributed by atoms with Gasteiger partial charge in [-0.25, -0.2) is 9.37 Å². The molecule has 0 radical (unpaired) electrons. The summed E-state index contributed by atoms with van der Waals surface area (Å²) in [5, 5.41) is 4.45. The summed E-state index contributed by atoms with van der Waals surface area (Å²) in [6, 6.07) is 10.5. The number of anilines is 2. The molecule has 0 atom stereocenters. The molecule has 1 N–H and O–H groups in total. The maximum atomic E-state index is 14.0. The largest absolute Gasteiger partial charge is 0.378 e. The summed E-state index contributed by atoms with van der Waals surface area (Å²) >= 11 is 0. The van der Waals surface area contributed by atoms with Crippen molar-refractivity contribution in [2.75, 3.05) is 43.1 Å². The number of hydrogen-bond donors (Lipinski definition) is 1. The number of ether oxygens (including phenoxy) is 1. The van der Waals surface area contributed by atoms with Crippen LogP contribution in [0.5, 0.6) is 0 Å². The summed E-state index contributed by atoms with van der Waals surface area (Å²) in [5.74, 6) is 0.420. The minimum atomic E-state index is -0.392. The van der Waals surface area contributed by atoms with Crippen LogP contribution in [0, 0.1) is 5.82 Å². The number of hydrogen-bond acceptors (Lipinski definition) is 5. The highest BCUT2D eigenvalue weighted by Gasteiger charge is 2.17. The van der Waals surface area contributed by atoms with Crippen LogP contribution >= 0.6 is 0 Å². The lowest BCUT2D eigenvalue weighted by Crippen LogP contribution is -2.37. The summed E-state index contributed by atoms with van der Waals surface area (Å²) in [7, 11) is 0. The standard InChI is InChI=1S/C19H22FN5O/c20-16-14-22-19(23-18(16)25-10-12-26-13-11-25)21-7-3-8-24-9-6-15-4-1-2-5-17(15)24/h1-2,4-6,9,14H,3,7-8,10-13H2,(H,21,22,23). The molecule has 3 heterocycles. The van der Waals surface area contributed by atoms with Crippen LogP contribution in [0.25, 0.3) is 10.9 Å². The normalized spacial score (nSPS) is 14.7. The highest BCUT2D eigenvalue weighted by molar-refractivity contribution is 5.79. The first-order chi connectivity index (χ1) is 12.8. The Morgan fingerprint density at radius 2 is 2.00 bits per heavy atom. The molecule has 0 bridgehead atoms. The third kappa shape index (κ3) is 3.62. The van der Waals surface area contributed by atoms with Crippen molar-refractivity contribution >= 4 is 22.7 Å². The van der Waals surface area contributed by atoms with E-state index in [1.807, 2.05) is 11.0 Å². The Morgan fingerprint density at radius 1 is 1.15 bits per heavy atom. The molecular weight excluding hydrogens is 333 g/mol. The second-order valence-corrected chi connectivity index (χ2v) is 6.31. The van der Waals surface area contributed by atoms with Crippen molar-refractivity contribution < 1.29 is 9.13 Å². The van der Waals surface area contributed by atoms with Crippen LogP contribution in [0.2, 0.25) is 0 Å². The first-order valence-electron chi connectivity index (χ1n) is 8.94. The van der Waals surface area contributed by atoms with Crippen LogP contribution in [-0.2, 0) is 11.3 Å². The van der Waals surface area contributed by atoms with Gasteiger partial charge in [0, 0.05) is 37.9 Å². The second-order valence-electron chi connectivity index (χ2n) is 6.31. The predicted octanol–water partition coefficient (Wildman–Crippen LogP) is 2.91. The van der Waals surface area contributed by atoms with E-state index in [1.165, 1.54) is 17.1 Å². The molecule has 1 fully saturated rings. The van der Waals surface area contributed by atoms with Crippen LogP contribution in [0.3, 0.4) is 0 Å². The molecule has 1 aromatic carbocycles. The Morgan fingerprint density at radius 3 is 2.88 bits per heavy atom. The van der Waals surface area contributed by atoms with E-state index < -0.39 is 5.82 Å². The van der Waals surface area contributed by atoms with Gasteiger partial charge in [0.15, 0.2) is 11.6 Å². The van der Waals surface area contributed by atoms with Crippen molar-refractivity contribution in [2.45, 2.75) is 13.0 Å². The van der Waals surface area contributed by atoms with Gasteiger partial charge in [-0.1, -0.05) is 18.2 Å². The van der Waals surface area contributed by atoms with Crippen molar-refractivity contribution in [1.82, 2.24) is 14.5 Å². The maximum absolute atomic E-state index is 14.0. The van der Waals surface area contributed by atoms with Crippen LogP contribution in [0.4, 0.5) is 16.2 Å². The summed E-state index contributed by atoms with van der Waals surface area (Å²) in [6.45, 7) is 4.11. The van der Waals surface area contributed by atoms with E-state index in [2.05, 4.69) is 50.3 Å². The molecule has 6 nitrogen and oxygen atoms in total. The number of benzene rings is 1. The molecule has 2 aromatic heterocycles. The third-order valence-electron chi connectivity index (χ3n) is 4.58. The van der Waals surface area contributed by atoms with Crippen LogP contribution in [0.15, 0.2) is 42.7 Å². The minimum absolute atomic E-state index is 0.349. The number of halogens is 1. The average Bonchev–Trinajstić information content (AvgIpc) is 3.10. The SMILES string of the molecule is Fc1cnc(NCCCn2ccc3ccccc32)nc1N1CCOCC1. The van der Waals surface area contributed by atoms with E-state index in [9.17, 15) is 4.39 Å². The molecule has 1 aliphatic heterocycles.